The standard InChI is InChI=1S/C33H28N2O2/c1-3-7-22-13-15-30(36)26(17-22)20-34-29-19-25-11-5-9-24-10-6-12-28(32(24)25)33(29)35-21-27-18-23(8-4-2)14-16-31(27)37/h3-6,9-21,33,36-37H,1-2,7-8H2. The Morgan fingerprint density at radius 1 is 0.757 bits per heavy atom. The minimum Gasteiger partial charge on any atom is -0.507 e. The predicted octanol–water partition coefficient (Wildman–Crippen LogP) is 7.34. The van der Waals surface area contributed by atoms with Gasteiger partial charge in [0.05, 0.1) is 5.70 Å². The van der Waals surface area contributed by atoms with Gasteiger partial charge in [-0.15, -0.1) is 13.2 Å². The Kier molecular flexibility index (Phi) is 6.82. The molecule has 0 saturated heterocycles. The third-order valence-corrected chi connectivity index (χ3v) is 6.51. The lowest BCUT2D eigenvalue weighted by atomic mass is 9.88. The number of hydrogen-bond donors (Lipinski definition) is 2. The monoisotopic (exact) mass is 484 g/mol. The van der Waals surface area contributed by atoms with Crippen LogP contribution in [0.15, 0.2) is 114 Å². The van der Waals surface area contributed by atoms with Crippen LogP contribution in [0.1, 0.15) is 39.4 Å². The fourth-order valence-electron chi connectivity index (χ4n) is 4.71. The molecule has 0 spiro atoms. The van der Waals surface area contributed by atoms with E-state index in [4.69, 9.17) is 9.98 Å². The van der Waals surface area contributed by atoms with Gasteiger partial charge in [0.15, 0.2) is 0 Å². The summed E-state index contributed by atoms with van der Waals surface area (Å²) in [6.07, 6.45) is 10.5. The summed E-state index contributed by atoms with van der Waals surface area (Å²) in [5, 5.41) is 23.2. The SMILES string of the molecule is C=CCc1ccc(O)c(C=NC2=Cc3cccc4cccc(c34)C2N=Cc2cc(CC=C)ccc2O)c1. The van der Waals surface area contributed by atoms with E-state index in [2.05, 4.69) is 37.4 Å². The van der Waals surface area contributed by atoms with Crippen molar-refractivity contribution in [3.63, 3.8) is 0 Å². The highest BCUT2D eigenvalue weighted by atomic mass is 16.3. The second-order valence-electron chi connectivity index (χ2n) is 9.07. The molecule has 0 fully saturated rings. The Balaban J connectivity index is 1.59. The number of rotatable bonds is 8. The van der Waals surface area contributed by atoms with Crippen LogP contribution in [0.3, 0.4) is 0 Å². The first-order valence-electron chi connectivity index (χ1n) is 12.2. The molecule has 4 aromatic carbocycles. The van der Waals surface area contributed by atoms with E-state index in [0.717, 1.165) is 38.7 Å². The van der Waals surface area contributed by atoms with E-state index in [-0.39, 0.29) is 17.5 Å². The number of nitrogens with zero attached hydrogens (tertiary/aromatic N) is 2. The summed E-state index contributed by atoms with van der Waals surface area (Å²) >= 11 is 0. The molecule has 2 N–H and O–H groups in total. The van der Waals surface area contributed by atoms with Gasteiger partial charge in [-0.2, -0.15) is 0 Å². The predicted molar refractivity (Wildman–Crippen MR) is 154 cm³/mol. The summed E-state index contributed by atoms with van der Waals surface area (Å²) in [5.74, 6) is 0.337. The van der Waals surface area contributed by atoms with Crippen molar-refractivity contribution in [2.45, 2.75) is 18.9 Å². The Bertz CT molecular complexity index is 1590. The lowest BCUT2D eigenvalue weighted by molar-refractivity contribution is 0.473. The van der Waals surface area contributed by atoms with Crippen molar-refractivity contribution in [1.82, 2.24) is 0 Å². The van der Waals surface area contributed by atoms with E-state index >= 15 is 0 Å². The lowest BCUT2D eigenvalue weighted by Gasteiger charge is -2.22. The van der Waals surface area contributed by atoms with Gasteiger partial charge < -0.3 is 10.2 Å². The van der Waals surface area contributed by atoms with Crippen LogP contribution in [0.2, 0.25) is 0 Å². The lowest BCUT2D eigenvalue weighted by Crippen LogP contribution is -2.06. The average Bonchev–Trinajstić information content (AvgIpc) is 2.90. The fraction of sp³-hybridized carbons (Fsp3) is 0.0909. The molecule has 5 rings (SSSR count). The van der Waals surface area contributed by atoms with Crippen LogP contribution in [0.5, 0.6) is 11.5 Å². The minimum atomic E-state index is -0.379. The zero-order chi connectivity index (χ0) is 25.8. The number of allylic oxidation sites excluding steroid dienone is 2. The second kappa shape index (κ2) is 10.5. The molecule has 0 saturated carbocycles. The molecule has 1 aliphatic carbocycles. The average molecular weight is 485 g/mol. The quantitative estimate of drug-likeness (QED) is 0.203. The zero-order valence-electron chi connectivity index (χ0n) is 20.5. The van der Waals surface area contributed by atoms with Crippen LogP contribution in [-0.2, 0) is 12.8 Å². The van der Waals surface area contributed by atoms with Crippen LogP contribution < -0.4 is 0 Å². The van der Waals surface area contributed by atoms with E-state index in [9.17, 15) is 10.2 Å². The van der Waals surface area contributed by atoms with Gasteiger partial charge in [-0.1, -0.05) is 60.7 Å². The third-order valence-electron chi connectivity index (χ3n) is 6.51. The Morgan fingerprint density at radius 3 is 2.03 bits per heavy atom. The van der Waals surface area contributed by atoms with Gasteiger partial charge in [0, 0.05) is 23.6 Å². The maximum absolute atomic E-state index is 10.5. The normalized spacial score (nSPS) is 14.8. The molecular formula is C33H28N2O2. The Hall–Kier alpha value is -4.70. The number of phenolic OH excluding ortho intramolecular Hbond substituents is 2. The zero-order valence-corrected chi connectivity index (χ0v) is 20.5. The maximum atomic E-state index is 10.5. The summed E-state index contributed by atoms with van der Waals surface area (Å²) in [7, 11) is 0. The topological polar surface area (TPSA) is 65.2 Å². The molecular weight excluding hydrogens is 456 g/mol. The summed E-state index contributed by atoms with van der Waals surface area (Å²) in [6.45, 7) is 7.61. The van der Waals surface area contributed by atoms with Gasteiger partial charge in [0.1, 0.15) is 17.5 Å². The minimum absolute atomic E-state index is 0.166. The number of phenols is 2. The van der Waals surface area contributed by atoms with Gasteiger partial charge in [0.25, 0.3) is 0 Å². The van der Waals surface area contributed by atoms with Crippen molar-refractivity contribution >= 4 is 29.3 Å². The van der Waals surface area contributed by atoms with Crippen molar-refractivity contribution < 1.29 is 10.2 Å². The molecule has 37 heavy (non-hydrogen) atoms. The third kappa shape index (κ3) is 5.00. The highest BCUT2D eigenvalue weighted by Gasteiger charge is 2.23. The van der Waals surface area contributed by atoms with E-state index in [1.807, 2.05) is 54.6 Å². The number of aromatic hydroxyl groups is 2. The molecule has 0 aliphatic heterocycles. The molecule has 4 heteroatoms. The molecule has 4 nitrogen and oxygen atoms in total. The fourth-order valence-corrected chi connectivity index (χ4v) is 4.71. The maximum Gasteiger partial charge on any atom is 0.124 e. The second-order valence-corrected chi connectivity index (χ2v) is 9.07. The molecule has 4 aromatic rings. The number of benzene rings is 4. The molecule has 0 bridgehead atoms. The Morgan fingerprint density at radius 2 is 1.38 bits per heavy atom. The van der Waals surface area contributed by atoms with Gasteiger partial charge in [-0.3, -0.25) is 9.98 Å². The van der Waals surface area contributed by atoms with Crippen molar-refractivity contribution in [3.05, 3.63) is 137 Å². The first-order valence-corrected chi connectivity index (χ1v) is 12.2. The van der Waals surface area contributed by atoms with Crippen LogP contribution in [0.25, 0.3) is 16.8 Å². The molecule has 1 unspecified atom stereocenters. The molecule has 182 valence electrons. The van der Waals surface area contributed by atoms with Gasteiger partial charge >= 0.3 is 0 Å². The molecule has 1 aliphatic rings. The number of hydrogen-bond acceptors (Lipinski definition) is 4. The highest BCUT2D eigenvalue weighted by molar-refractivity contribution is 5.97. The molecule has 0 heterocycles. The molecule has 0 aromatic heterocycles. The van der Waals surface area contributed by atoms with Crippen molar-refractivity contribution in [3.8, 4) is 11.5 Å². The first kappa shape index (κ1) is 24.0. The highest BCUT2D eigenvalue weighted by Crippen LogP contribution is 2.40. The summed E-state index contributed by atoms with van der Waals surface area (Å²) < 4.78 is 0. The van der Waals surface area contributed by atoms with Crippen molar-refractivity contribution in [2.24, 2.45) is 9.98 Å². The summed E-state index contributed by atoms with van der Waals surface area (Å²) in [6, 6.07) is 23.0. The van der Waals surface area contributed by atoms with Gasteiger partial charge in [-0.05, 0) is 76.2 Å². The smallest absolute Gasteiger partial charge is 0.124 e. The Labute approximate surface area is 217 Å². The molecule has 0 radical (unpaired) electrons. The van der Waals surface area contributed by atoms with Crippen LogP contribution in [-0.4, -0.2) is 22.6 Å². The summed E-state index contributed by atoms with van der Waals surface area (Å²) in [5.41, 5.74) is 6.24. The van der Waals surface area contributed by atoms with Crippen LogP contribution >= 0.6 is 0 Å². The first-order chi connectivity index (χ1) is 18.1. The van der Waals surface area contributed by atoms with Gasteiger partial charge in [0.2, 0.25) is 0 Å². The van der Waals surface area contributed by atoms with E-state index in [1.165, 1.54) is 0 Å². The number of aliphatic imine (C=N–C) groups is 2. The van der Waals surface area contributed by atoms with E-state index < -0.39 is 0 Å². The van der Waals surface area contributed by atoms with E-state index in [0.29, 0.717) is 24.0 Å². The van der Waals surface area contributed by atoms with E-state index in [1.54, 1.807) is 24.6 Å². The van der Waals surface area contributed by atoms with Crippen LogP contribution in [0.4, 0.5) is 0 Å². The molecule has 0 amide bonds. The van der Waals surface area contributed by atoms with Gasteiger partial charge in [-0.25, -0.2) is 0 Å². The van der Waals surface area contributed by atoms with Crippen LogP contribution in [0, 0.1) is 0 Å². The largest absolute Gasteiger partial charge is 0.507 e. The molecule has 1 atom stereocenters. The van der Waals surface area contributed by atoms with Crippen molar-refractivity contribution in [2.75, 3.05) is 0 Å². The summed E-state index contributed by atoms with van der Waals surface area (Å²) in [4.78, 5) is 9.76. The van der Waals surface area contributed by atoms with Crippen molar-refractivity contribution in [1.29, 1.82) is 0 Å².